The molecule has 114 valence electrons. The first-order valence-electron chi connectivity index (χ1n) is 7.85. The van der Waals surface area contributed by atoms with Crippen LogP contribution in [0.25, 0.3) is 21.8 Å². The fourth-order valence-corrected chi connectivity index (χ4v) is 2.87. The first-order chi connectivity index (χ1) is 10.8. The maximum Gasteiger partial charge on any atom is 0.0964 e. The molecule has 3 aromatic rings. The number of rotatable bonds is 0. The quantitative estimate of drug-likeness (QED) is 0.625. The van der Waals surface area contributed by atoms with Crippen LogP contribution in [0.2, 0.25) is 0 Å². The Labute approximate surface area is 130 Å². The van der Waals surface area contributed by atoms with Gasteiger partial charge in [0.1, 0.15) is 0 Å². The van der Waals surface area contributed by atoms with Crippen LogP contribution in [-0.2, 0) is 0 Å². The molecule has 1 aliphatic carbocycles. The van der Waals surface area contributed by atoms with Crippen LogP contribution < -0.4 is 11.5 Å². The minimum atomic E-state index is 0.281. The third-order valence-electron chi connectivity index (χ3n) is 4.22. The lowest BCUT2D eigenvalue weighted by Crippen LogP contribution is -2.43. The van der Waals surface area contributed by atoms with Gasteiger partial charge in [0.05, 0.1) is 11.0 Å². The molecule has 4 rings (SSSR count). The Bertz CT molecular complexity index is 691. The Hall–Kier alpha value is -2.04. The predicted molar refractivity (Wildman–Crippen MR) is 91.5 cm³/mol. The SMILES string of the molecule is N[C@H]1CCCC[C@@H]1N.c1cnc2c(c1)ccc1cccnc12. The van der Waals surface area contributed by atoms with Gasteiger partial charge < -0.3 is 11.5 Å². The van der Waals surface area contributed by atoms with E-state index >= 15 is 0 Å². The van der Waals surface area contributed by atoms with E-state index in [1.807, 2.05) is 12.1 Å². The topological polar surface area (TPSA) is 77.8 Å². The zero-order valence-corrected chi connectivity index (χ0v) is 12.7. The Morgan fingerprint density at radius 3 is 1.59 bits per heavy atom. The van der Waals surface area contributed by atoms with Crippen molar-refractivity contribution in [3.05, 3.63) is 48.8 Å². The molecule has 0 radical (unpaired) electrons. The van der Waals surface area contributed by atoms with E-state index in [-0.39, 0.29) is 12.1 Å². The van der Waals surface area contributed by atoms with E-state index < -0.39 is 0 Å². The maximum absolute atomic E-state index is 5.65. The number of nitrogens with two attached hydrogens (primary N) is 2. The lowest BCUT2D eigenvalue weighted by Gasteiger charge is -2.24. The molecule has 0 aliphatic heterocycles. The van der Waals surface area contributed by atoms with Gasteiger partial charge in [0.25, 0.3) is 0 Å². The molecule has 2 heterocycles. The van der Waals surface area contributed by atoms with E-state index in [0.29, 0.717) is 0 Å². The highest BCUT2D eigenvalue weighted by atomic mass is 14.8. The van der Waals surface area contributed by atoms with Crippen molar-refractivity contribution in [2.75, 3.05) is 0 Å². The molecule has 0 amide bonds. The number of benzene rings is 1. The highest BCUT2D eigenvalue weighted by Gasteiger charge is 2.16. The molecule has 4 heteroatoms. The van der Waals surface area contributed by atoms with Crippen molar-refractivity contribution >= 4 is 21.8 Å². The molecule has 2 aromatic heterocycles. The van der Waals surface area contributed by atoms with E-state index in [1.54, 1.807) is 12.4 Å². The fourth-order valence-electron chi connectivity index (χ4n) is 2.87. The molecule has 0 bridgehead atoms. The molecule has 1 aromatic carbocycles. The summed E-state index contributed by atoms with van der Waals surface area (Å²) in [6.45, 7) is 0. The van der Waals surface area contributed by atoms with Crippen molar-refractivity contribution in [1.82, 2.24) is 9.97 Å². The summed E-state index contributed by atoms with van der Waals surface area (Å²) in [7, 11) is 0. The van der Waals surface area contributed by atoms with E-state index in [4.69, 9.17) is 11.5 Å². The molecule has 1 saturated carbocycles. The number of aromatic nitrogens is 2. The highest BCUT2D eigenvalue weighted by molar-refractivity contribution is 6.02. The molecular formula is C18H22N4. The number of fused-ring (bicyclic) bond motifs is 3. The second-order valence-electron chi connectivity index (χ2n) is 5.83. The van der Waals surface area contributed by atoms with Gasteiger partial charge >= 0.3 is 0 Å². The Balaban J connectivity index is 0.000000154. The minimum absolute atomic E-state index is 0.281. The molecule has 4 N–H and O–H groups in total. The van der Waals surface area contributed by atoms with Crippen LogP contribution in [0.1, 0.15) is 25.7 Å². The summed E-state index contributed by atoms with van der Waals surface area (Å²) in [4.78, 5) is 8.69. The van der Waals surface area contributed by atoms with Gasteiger partial charge in [-0.25, -0.2) is 0 Å². The lowest BCUT2D eigenvalue weighted by molar-refractivity contribution is 0.385. The average Bonchev–Trinajstić information content (AvgIpc) is 2.58. The average molecular weight is 294 g/mol. The lowest BCUT2D eigenvalue weighted by atomic mass is 9.92. The molecule has 22 heavy (non-hydrogen) atoms. The normalized spacial score (nSPS) is 21.4. The number of pyridine rings is 2. The van der Waals surface area contributed by atoms with E-state index in [1.165, 1.54) is 12.8 Å². The van der Waals surface area contributed by atoms with Gasteiger partial charge in [-0.15, -0.1) is 0 Å². The Morgan fingerprint density at radius 1 is 0.727 bits per heavy atom. The minimum Gasteiger partial charge on any atom is -0.326 e. The molecule has 0 saturated heterocycles. The van der Waals surface area contributed by atoms with Crippen molar-refractivity contribution in [2.24, 2.45) is 11.5 Å². The second-order valence-corrected chi connectivity index (χ2v) is 5.83. The summed E-state index contributed by atoms with van der Waals surface area (Å²) in [6.07, 6.45) is 8.40. The molecule has 1 aliphatic rings. The third-order valence-corrected chi connectivity index (χ3v) is 4.22. The standard InChI is InChI=1S/C12H8N2.C6H14N2/c1-3-9-5-6-10-4-2-8-14-12(10)11(9)13-7-1;7-5-3-1-2-4-6(5)8/h1-8H;5-6H,1-4,7-8H2/t;5-,6-/m.0/s1. The smallest absolute Gasteiger partial charge is 0.0964 e. The summed E-state index contributed by atoms with van der Waals surface area (Å²) < 4.78 is 0. The summed E-state index contributed by atoms with van der Waals surface area (Å²) >= 11 is 0. The van der Waals surface area contributed by atoms with E-state index in [0.717, 1.165) is 34.6 Å². The monoisotopic (exact) mass is 294 g/mol. The zero-order valence-electron chi connectivity index (χ0n) is 12.7. The second kappa shape index (κ2) is 6.81. The van der Waals surface area contributed by atoms with Crippen molar-refractivity contribution in [2.45, 2.75) is 37.8 Å². The van der Waals surface area contributed by atoms with Gasteiger partial charge in [0.15, 0.2) is 0 Å². The molecule has 2 atom stereocenters. The molecular weight excluding hydrogens is 272 g/mol. The first kappa shape index (κ1) is 14.9. The summed E-state index contributed by atoms with van der Waals surface area (Å²) in [5.41, 5.74) is 13.3. The maximum atomic E-state index is 5.65. The van der Waals surface area contributed by atoms with Crippen molar-refractivity contribution < 1.29 is 0 Å². The number of hydrogen-bond acceptors (Lipinski definition) is 4. The van der Waals surface area contributed by atoms with Crippen LogP contribution in [0.15, 0.2) is 48.8 Å². The van der Waals surface area contributed by atoms with Crippen molar-refractivity contribution in [3.63, 3.8) is 0 Å². The Kier molecular flexibility index (Phi) is 4.61. The van der Waals surface area contributed by atoms with Crippen LogP contribution in [0.5, 0.6) is 0 Å². The van der Waals surface area contributed by atoms with E-state index in [2.05, 4.69) is 34.2 Å². The van der Waals surface area contributed by atoms with Gasteiger partial charge in [-0.2, -0.15) is 0 Å². The van der Waals surface area contributed by atoms with Gasteiger partial charge in [0.2, 0.25) is 0 Å². The largest absolute Gasteiger partial charge is 0.326 e. The highest BCUT2D eigenvalue weighted by Crippen LogP contribution is 2.20. The number of hydrogen-bond donors (Lipinski definition) is 2. The van der Waals surface area contributed by atoms with Gasteiger partial charge in [0, 0.05) is 35.2 Å². The van der Waals surface area contributed by atoms with Crippen molar-refractivity contribution in [1.29, 1.82) is 0 Å². The van der Waals surface area contributed by atoms with Crippen LogP contribution in [0.4, 0.5) is 0 Å². The fraction of sp³-hybridized carbons (Fsp3) is 0.333. The summed E-state index contributed by atoms with van der Waals surface area (Å²) in [5, 5.41) is 2.28. The number of nitrogens with zero attached hydrogens (tertiary/aromatic N) is 2. The van der Waals surface area contributed by atoms with Gasteiger partial charge in [-0.05, 0) is 25.0 Å². The van der Waals surface area contributed by atoms with Crippen LogP contribution in [0, 0.1) is 0 Å². The molecule has 0 unspecified atom stereocenters. The molecule has 4 nitrogen and oxygen atoms in total. The Morgan fingerprint density at radius 2 is 1.18 bits per heavy atom. The van der Waals surface area contributed by atoms with Crippen molar-refractivity contribution in [3.8, 4) is 0 Å². The van der Waals surface area contributed by atoms with Crippen LogP contribution >= 0.6 is 0 Å². The van der Waals surface area contributed by atoms with Crippen LogP contribution in [-0.4, -0.2) is 22.1 Å². The molecule has 1 fully saturated rings. The molecule has 0 spiro atoms. The zero-order chi connectivity index (χ0) is 15.4. The first-order valence-corrected chi connectivity index (χ1v) is 7.85. The van der Waals surface area contributed by atoms with Gasteiger partial charge in [-0.3, -0.25) is 9.97 Å². The van der Waals surface area contributed by atoms with Gasteiger partial charge in [-0.1, -0.05) is 37.1 Å². The summed E-state index contributed by atoms with van der Waals surface area (Å²) in [6, 6.07) is 12.7. The summed E-state index contributed by atoms with van der Waals surface area (Å²) in [5.74, 6) is 0. The van der Waals surface area contributed by atoms with Crippen LogP contribution in [0.3, 0.4) is 0 Å². The third kappa shape index (κ3) is 3.24. The van der Waals surface area contributed by atoms with E-state index in [9.17, 15) is 0 Å². The predicted octanol–water partition coefficient (Wildman–Crippen LogP) is 3.00.